The van der Waals surface area contributed by atoms with E-state index in [1.807, 2.05) is 12.1 Å². The number of carbonyl (C=O) groups is 1. The molecule has 0 bridgehead atoms. The van der Waals surface area contributed by atoms with Gasteiger partial charge in [0.25, 0.3) is 0 Å². The summed E-state index contributed by atoms with van der Waals surface area (Å²) >= 11 is 3.49. The number of benzene rings is 1. The van der Waals surface area contributed by atoms with Gasteiger partial charge >= 0.3 is 5.97 Å². The minimum absolute atomic E-state index is 0.267. The molecule has 0 aliphatic heterocycles. The first-order valence-electron chi connectivity index (χ1n) is 6.85. The molecule has 0 heterocycles. The van der Waals surface area contributed by atoms with Crippen molar-refractivity contribution in [2.75, 3.05) is 7.11 Å². The number of carboxylic acids is 1. The molecule has 0 amide bonds. The minimum Gasteiger partial charge on any atom is -0.493 e. The van der Waals surface area contributed by atoms with E-state index in [2.05, 4.69) is 15.9 Å². The quantitative estimate of drug-likeness (QED) is 0.891. The Morgan fingerprint density at radius 1 is 1.40 bits per heavy atom. The highest BCUT2D eigenvalue weighted by atomic mass is 79.9. The van der Waals surface area contributed by atoms with Crippen LogP contribution in [0.15, 0.2) is 16.6 Å². The molecule has 1 aromatic carbocycles. The van der Waals surface area contributed by atoms with Gasteiger partial charge in [-0.2, -0.15) is 0 Å². The first-order chi connectivity index (χ1) is 9.56. The maximum atomic E-state index is 11.6. The number of carboxylic acid groups (broad SMARTS) is 1. The largest absolute Gasteiger partial charge is 0.493 e. The van der Waals surface area contributed by atoms with Gasteiger partial charge in [-0.15, -0.1) is 0 Å². The predicted molar refractivity (Wildman–Crippen MR) is 77.5 cm³/mol. The van der Waals surface area contributed by atoms with E-state index in [1.165, 1.54) is 0 Å². The van der Waals surface area contributed by atoms with Gasteiger partial charge in [-0.25, -0.2) is 0 Å². The van der Waals surface area contributed by atoms with E-state index in [0.29, 0.717) is 24.3 Å². The summed E-state index contributed by atoms with van der Waals surface area (Å²) < 4.78 is 12.0. The van der Waals surface area contributed by atoms with Crippen molar-refractivity contribution in [2.24, 2.45) is 0 Å². The van der Waals surface area contributed by atoms with Crippen LogP contribution in [-0.4, -0.2) is 24.3 Å². The molecule has 3 rings (SSSR count). The summed E-state index contributed by atoms with van der Waals surface area (Å²) in [6, 6.07) is 3.68. The van der Waals surface area contributed by atoms with Gasteiger partial charge in [0.15, 0.2) is 11.5 Å². The van der Waals surface area contributed by atoms with Crippen LogP contribution >= 0.6 is 15.9 Å². The Balaban J connectivity index is 2.00. The number of hydrogen-bond donors (Lipinski definition) is 1. The third-order valence-electron chi connectivity index (χ3n) is 4.21. The summed E-state index contributed by atoms with van der Waals surface area (Å²) in [4.78, 5) is 11.6. The molecule has 2 saturated carbocycles. The number of aliphatic carboxylic acids is 1. The van der Waals surface area contributed by atoms with Crippen molar-refractivity contribution in [1.29, 1.82) is 0 Å². The van der Waals surface area contributed by atoms with E-state index in [9.17, 15) is 9.90 Å². The molecule has 0 radical (unpaired) electrons. The average Bonchev–Trinajstić information content (AvgIpc) is 3.14. The Labute approximate surface area is 126 Å². The van der Waals surface area contributed by atoms with Crippen LogP contribution < -0.4 is 9.47 Å². The van der Waals surface area contributed by atoms with Crippen LogP contribution in [0.25, 0.3) is 0 Å². The zero-order chi connectivity index (χ0) is 14.3. The zero-order valence-electron chi connectivity index (χ0n) is 11.3. The van der Waals surface area contributed by atoms with Crippen LogP contribution in [0.5, 0.6) is 11.5 Å². The molecule has 5 heteroatoms. The van der Waals surface area contributed by atoms with E-state index in [4.69, 9.17) is 9.47 Å². The lowest BCUT2D eigenvalue weighted by molar-refractivity contribution is -0.147. The first-order valence-corrected chi connectivity index (χ1v) is 7.64. The second-order valence-electron chi connectivity index (χ2n) is 5.55. The molecule has 0 aromatic heterocycles. The lowest BCUT2D eigenvalue weighted by atomic mass is 9.64. The fourth-order valence-electron chi connectivity index (χ4n) is 2.62. The van der Waals surface area contributed by atoms with Crippen molar-refractivity contribution in [2.45, 2.75) is 43.6 Å². The number of halogens is 1. The Morgan fingerprint density at radius 3 is 2.55 bits per heavy atom. The molecule has 0 saturated heterocycles. The number of hydrogen-bond acceptors (Lipinski definition) is 3. The van der Waals surface area contributed by atoms with Crippen LogP contribution in [0.4, 0.5) is 0 Å². The molecule has 4 nitrogen and oxygen atoms in total. The summed E-state index contributed by atoms with van der Waals surface area (Å²) in [5.41, 5.74) is 0.0385. The van der Waals surface area contributed by atoms with Crippen molar-refractivity contribution in [3.8, 4) is 11.5 Å². The number of methoxy groups -OCH3 is 1. The standard InChI is InChI=1S/C15H17BrO4/c1-19-12-8-9(15(14(17)18)5-2-6-15)7-11(16)13(12)20-10-3-4-10/h7-8,10H,2-6H2,1H3,(H,17,18). The van der Waals surface area contributed by atoms with Crippen molar-refractivity contribution in [3.05, 3.63) is 22.2 Å². The summed E-state index contributed by atoms with van der Waals surface area (Å²) in [5, 5.41) is 9.53. The molecule has 2 aliphatic rings. The van der Waals surface area contributed by atoms with Crippen molar-refractivity contribution < 1.29 is 19.4 Å². The summed E-state index contributed by atoms with van der Waals surface area (Å²) in [5.74, 6) is 0.529. The highest BCUT2D eigenvalue weighted by molar-refractivity contribution is 9.10. The van der Waals surface area contributed by atoms with Crippen molar-refractivity contribution in [3.63, 3.8) is 0 Å². The summed E-state index contributed by atoms with van der Waals surface area (Å²) in [7, 11) is 1.58. The van der Waals surface area contributed by atoms with Gasteiger partial charge in [-0.05, 0) is 59.3 Å². The second kappa shape index (κ2) is 4.95. The molecule has 2 fully saturated rings. The van der Waals surface area contributed by atoms with Crippen LogP contribution in [0.2, 0.25) is 0 Å². The molecule has 0 spiro atoms. The van der Waals surface area contributed by atoms with Crippen molar-refractivity contribution in [1.82, 2.24) is 0 Å². The normalized spacial score (nSPS) is 20.1. The molecular formula is C15H17BrO4. The monoisotopic (exact) mass is 340 g/mol. The fourth-order valence-corrected chi connectivity index (χ4v) is 3.15. The van der Waals surface area contributed by atoms with Crippen molar-refractivity contribution >= 4 is 21.9 Å². The van der Waals surface area contributed by atoms with Crippen LogP contribution in [0.1, 0.15) is 37.7 Å². The lowest BCUT2D eigenvalue weighted by Gasteiger charge is -2.38. The van der Waals surface area contributed by atoms with Crippen LogP contribution in [0.3, 0.4) is 0 Å². The Hall–Kier alpha value is -1.23. The maximum Gasteiger partial charge on any atom is 0.314 e. The van der Waals surface area contributed by atoms with Crippen LogP contribution in [0, 0.1) is 0 Å². The van der Waals surface area contributed by atoms with Gasteiger partial charge in [0.05, 0.1) is 23.1 Å². The zero-order valence-corrected chi connectivity index (χ0v) is 12.9. The summed E-state index contributed by atoms with van der Waals surface area (Å²) in [6.45, 7) is 0. The molecule has 108 valence electrons. The van der Waals surface area contributed by atoms with Gasteiger partial charge in [0.2, 0.25) is 0 Å². The first kappa shape index (κ1) is 13.7. The highest BCUT2D eigenvalue weighted by Gasteiger charge is 2.46. The van der Waals surface area contributed by atoms with E-state index < -0.39 is 11.4 Å². The van der Waals surface area contributed by atoms with E-state index in [1.54, 1.807) is 7.11 Å². The Bertz CT molecular complexity index is 547. The van der Waals surface area contributed by atoms with Gasteiger partial charge in [0, 0.05) is 0 Å². The predicted octanol–water partition coefficient (Wildman–Crippen LogP) is 3.51. The van der Waals surface area contributed by atoms with Crippen LogP contribution in [-0.2, 0) is 10.2 Å². The van der Waals surface area contributed by atoms with E-state index in [-0.39, 0.29) is 6.10 Å². The molecule has 1 aromatic rings. The fraction of sp³-hybridized carbons (Fsp3) is 0.533. The van der Waals surface area contributed by atoms with Gasteiger partial charge in [-0.1, -0.05) is 6.42 Å². The lowest BCUT2D eigenvalue weighted by Crippen LogP contribution is -2.42. The van der Waals surface area contributed by atoms with E-state index >= 15 is 0 Å². The third kappa shape index (κ3) is 2.18. The molecular weight excluding hydrogens is 324 g/mol. The SMILES string of the molecule is COc1cc(C2(C(=O)O)CCC2)cc(Br)c1OC1CC1. The number of ether oxygens (including phenoxy) is 2. The molecule has 0 atom stereocenters. The second-order valence-corrected chi connectivity index (χ2v) is 6.40. The Morgan fingerprint density at radius 2 is 2.10 bits per heavy atom. The smallest absolute Gasteiger partial charge is 0.314 e. The van der Waals surface area contributed by atoms with E-state index in [0.717, 1.165) is 29.3 Å². The van der Waals surface area contributed by atoms with Gasteiger partial charge < -0.3 is 14.6 Å². The molecule has 20 heavy (non-hydrogen) atoms. The topological polar surface area (TPSA) is 55.8 Å². The summed E-state index contributed by atoms with van der Waals surface area (Å²) in [6.07, 6.45) is 4.71. The van der Waals surface area contributed by atoms with Gasteiger partial charge in [-0.3, -0.25) is 4.79 Å². The maximum absolute atomic E-state index is 11.6. The molecule has 0 unspecified atom stereocenters. The minimum atomic E-state index is -0.756. The third-order valence-corrected chi connectivity index (χ3v) is 4.80. The number of rotatable bonds is 5. The average molecular weight is 341 g/mol. The highest BCUT2D eigenvalue weighted by Crippen LogP contribution is 2.49. The van der Waals surface area contributed by atoms with Gasteiger partial charge in [0.1, 0.15) is 0 Å². The molecule has 1 N–H and O–H groups in total. The Kier molecular flexibility index (Phi) is 3.40. The molecule has 2 aliphatic carbocycles.